The summed E-state index contributed by atoms with van der Waals surface area (Å²) in [6.45, 7) is 0. The number of allylic oxidation sites excluding steroid dienone is 1. The van der Waals surface area contributed by atoms with E-state index in [4.69, 9.17) is 10.2 Å². The summed E-state index contributed by atoms with van der Waals surface area (Å²) >= 11 is 0. The molecular formula is C14H10O4. The van der Waals surface area contributed by atoms with Crippen LogP contribution in [0.2, 0.25) is 0 Å². The van der Waals surface area contributed by atoms with E-state index in [9.17, 15) is 9.59 Å². The number of carboxylic acids is 1. The Morgan fingerprint density at radius 3 is 2.33 bits per heavy atom. The Hall–Kier alpha value is -2.62. The van der Waals surface area contributed by atoms with Crippen molar-refractivity contribution in [3.63, 3.8) is 0 Å². The summed E-state index contributed by atoms with van der Waals surface area (Å²) in [5.41, 5.74) is 0.362. The van der Waals surface area contributed by atoms with E-state index in [-0.39, 0.29) is 0 Å². The standard InChI is InChI=1S/C14H10O4/c15-12(8-13(16)14(17)18)11-7-3-5-9-4-1-2-6-10(9)11/h1-8,16H,(H,17,18)/b13-8+. The van der Waals surface area contributed by atoms with Crippen LogP contribution in [0.15, 0.2) is 54.3 Å². The van der Waals surface area contributed by atoms with Gasteiger partial charge in [-0.25, -0.2) is 4.79 Å². The molecule has 90 valence electrons. The third kappa shape index (κ3) is 2.22. The molecule has 18 heavy (non-hydrogen) atoms. The van der Waals surface area contributed by atoms with Crippen LogP contribution in [0.25, 0.3) is 10.8 Å². The molecule has 0 unspecified atom stereocenters. The maximum Gasteiger partial charge on any atom is 0.371 e. The molecular weight excluding hydrogens is 232 g/mol. The van der Waals surface area contributed by atoms with Crippen molar-refractivity contribution in [2.75, 3.05) is 0 Å². The molecule has 0 aliphatic heterocycles. The van der Waals surface area contributed by atoms with Gasteiger partial charge in [0.15, 0.2) is 5.78 Å². The van der Waals surface area contributed by atoms with E-state index in [0.717, 1.165) is 10.8 Å². The van der Waals surface area contributed by atoms with Crippen molar-refractivity contribution in [1.29, 1.82) is 0 Å². The van der Waals surface area contributed by atoms with Crippen LogP contribution in [0, 0.1) is 0 Å². The SMILES string of the molecule is O=C(O)/C(O)=C\C(=O)c1cccc2ccccc12. The van der Waals surface area contributed by atoms with Crippen LogP contribution >= 0.6 is 0 Å². The predicted molar refractivity (Wildman–Crippen MR) is 66.6 cm³/mol. The molecule has 0 heterocycles. The number of carboxylic acid groups (broad SMARTS) is 1. The van der Waals surface area contributed by atoms with Gasteiger partial charge in [-0.1, -0.05) is 42.5 Å². The molecule has 0 radical (unpaired) electrons. The maximum atomic E-state index is 11.9. The summed E-state index contributed by atoms with van der Waals surface area (Å²) in [5, 5.41) is 19.2. The Kier molecular flexibility index (Phi) is 3.10. The number of aliphatic hydroxyl groups is 1. The fourth-order valence-electron chi connectivity index (χ4n) is 1.70. The number of aliphatic carboxylic acids is 1. The van der Waals surface area contributed by atoms with Crippen molar-refractivity contribution in [3.05, 3.63) is 59.9 Å². The molecule has 4 nitrogen and oxygen atoms in total. The van der Waals surface area contributed by atoms with Crippen LogP contribution in [0.3, 0.4) is 0 Å². The first-order valence-electron chi connectivity index (χ1n) is 5.25. The normalized spacial score (nSPS) is 11.4. The predicted octanol–water partition coefficient (Wildman–Crippen LogP) is 2.55. The molecule has 0 atom stereocenters. The first kappa shape index (κ1) is 11.9. The van der Waals surface area contributed by atoms with Gasteiger partial charge >= 0.3 is 5.97 Å². The van der Waals surface area contributed by atoms with E-state index in [2.05, 4.69) is 0 Å². The zero-order chi connectivity index (χ0) is 13.1. The van der Waals surface area contributed by atoms with E-state index in [1.807, 2.05) is 18.2 Å². The Labute approximate surface area is 103 Å². The molecule has 0 bridgehead atoms. The van der Waals surface area contributed by atoms with Gasteiger partial charge in [0.2, 0.25) is 5.76 Å². The van der Waals surface area contributed by atoms with E-state index in [0.29, 0.717) is 11.6 Å². The molecule has 0 spiro atoms. The zero-order valence-corrected chi connectivity index (χ0v) is 9.33. The number of hydrogen-bond donors (Lipinski definition) is 2. The molecule has 0 saturated heterocycles. The van der Waals surface area contributed by atoms with Crippen molar-refractivity contribution < 1.29 is 19.8 Å². The first-order valence-corrected chi connectivity index (χ1v) is 5.25. The van der Waals surface area contributed by atoms with Crippen LogP contribution in [-0.2, 0) is 4.79 Å². The number of carbonyl (C=O) groups is 2. The fraction of sp³-hybridized carbons (Fsp3) is 0. The molecule has 0 amide bonds. The summed E-state index contributed by atoms with van der Waals surface area (Å²) < 4.78 is 0. The van der Waals surface area contributed by atoms with Gasteiger partial charge in [-0.2, -0.15) is 0 Å². The van der Waals surface area contributed by atoms with Gasteiger partial charge in [-0.15, -0.1) is 0 Å². The molecule has 0 aromatic heterocycles. The number of aliphatic hydroxyl groups excluding tert-OH is 1. The van der Waals surface area contributed by atoms with Gasteiger partial charge in [0.05, 0.1) is 0 Å². The quantitative estimate of drug-likeness (QED) is 0.492. The lowest BCUT2D eigenvalue weighted by atomic mass is 10.0. The summed E-state index contributed by atoms with van der Waals surface area (Å²) in [7, 11) is 0. The minimum Gasteiger partial charge on any atom is -0.502 e. The summed E-state index contributed by atoms with van der Waals surface area (Å²) in [4.78, 5) is 22.3. The lowest BCUT2D eigenvalue weighted by molar-refractivity contribution is -0.135. The molecule has 0 aliphatic carbocycles. The van der Waals surface area contributed by atoms with Gasteiger partial charge in [-0.05, 0) is 10.8 Å². The van der Waals surface area contributed by atoms with Crippen LogP contribution in [0.5, 0.6) is 0 Å². The van der Waals surface area contributed by atoms with Gasteiger partial charge in [0.25, 0.3) is 0 Å². The highest BCUT2D eigenvalue weighted by Crippen LogP contribution is 2.19. The number of rotatable bonds is 3. The molecule has 4 heteroatoms. The zero-order valence-electron chi connectivity index (χ0n) is 9.33. The molecule has 0 aliphatic rings. The van der Waals surface area contributed by atoms with Gasteiger partial charge in [0.1, 0.15) is 0 Å². The monoisotopic (exact) mass is 242 g/mol. The summed E-state index contributed by atoms with van der Waals surface area (Å²) in [6.07, 6.45) is 0.712. The van der Waals surface area contributed by atoms with Crippen molar-refractivity contribution in [2.24, 2.45) is 0 Å². The Morgan fingerprint density at radius 2 is 1.61 bits per heavy atom. The van der Waals surface area contributed by atoms with Crippen LogP contribution in [0.1, 0.15) is 10.4 Å². The largest absolute Gasteiger partial charge is 0.502 e. The lowest BCUT2D eigenvalue weighted by Gasteiger charge is -2.02. The molecule has 0 saturated carbocycles. The lowest BCUT2D eigenvalue weighted by Crippen LogP contribution is -2.04. The van der Waals surface area contributed by atoms with E-state index in [1.165, 1.54) is 0 Å². The maximum absolute atomic E-state index is 11.9. The van der Waals surface area contributed by atoms with E-state index in [1.54, 1.807) is 24.3 Å². The molecule has 2 rings (SSSR count). The van der Waals surface area contributed by atoms with Crippen molar-refractivity contribution >= 4 is 22.5 Å². The van der Waals surface area contributed by atoms with Crippen molar-refractivity contribution in [3.8, 4) is 0 Å². The Balaban J connectivity index is 2.52. The number of benzene rings is 2. The molecule has 2 aromatic carbocycles. The van der Waals surface area contributed by atoms with Gasteiger partial charge < -0.3 is 10.2 Å². The fourth-order valence-corrected chi connectivity index (χ4v) is 1.70. The second-order valence-electron chi connectivity index (χ2n) is 3.73. The van der Waals surface area contributed by atoms with E-state index >= 15 is 0 Å². The highest BCUT2D eigenvalue weighted by molar-refractivity contribution is 6.15. The van der Waals surface area contributed by atoms with Crippen molar-refractivity contribution in [2.45, 2.75) is 0 Å². The highest BCUT2D eigenvalue weighted by atomic mass is 16.4. The summed E-state index contributed by atoms with van der Waals surface area (Å²) in [6, 6.07) is 12.4. The minimum atomic E-state index is -1.52. The molecule has 2 N–H and O–H groups in total. The second kappa shape index (κ2) is 4.71. The molecule has 2 aromatic rings. The number of fused-ring (bicyclic) bond motifs is 1. The highest BCUT2D eigenvalue weighted by Gasteiger charge is 2.11. The minimum absolute atomic E-state index is 0.362. The van der Waals surface area contributed by atoms with Gasteiger partial charge in [-0.3, -0.25) is 4.79 Å². The molecule has 0 fully saturated rings. The average Bonchev–Trinajstić information content (AvgIpc) is 2.37. The first-order chi connectivity index (χ1) is 8.59. The number of carbonyl (C=O) groups excluding carboxylic acids is 1. The van der Waals surface area contributed by atoms with Crippen LogP contribution < -0.4 is 0 Å². The van der Waals surface area contributed by atoms with Crippen LogP contribution in [0.4, 0.5) is 0 Å². The Morgan fingerprint density at radius 1 is 0.944 bits per heavy atom. The second-order valence-corrected chi connectivity index (χ2v) is 3.73. The third-order valence-corrected chi connectivity index (χ3v) is 2.54. The van der Waals surface area contributed by atoms with Gasteiger partial charge in [0, 0.05) is 11.6 Å². The Bertz CT molecular complexity index is 650. The van der Waals surface area contributed by atoms with E-state index < -0.39 is 17.5 Å². The van der Waals surface area contributed by atoms with Crippen molar-refractivity contribution in [1.82, 2.24) is 0 Å². The smallest absolute Gasteiger partial charge is 0.371 e. The third-order valence-electron chi connectivity index (χ3n) is 2.54. The number of hydrogen-bond acceptors (Lipinski definition) is 3. The van der Waals surface area contributed by atoms with Crippen LogP contribution in [-0.4, -0.2) is 22.0 Å². The number of ketones is 1. The summed E-state index contributed by atoms with van der Waals surface area (Å²) in [5.74, 6) is -3.02. The average molecular weight is 242 g/mol. The topological polar surface area (TPSA) is 74.6 Å².